The minimum absolute atomic E-state index is 0.0313. The third kappa shape index (κ3) is 2.84. The molecule has 1 heterocycles. The first kappa shape index (κ1) is 14.1. The summed E-state index contributed by atoms with van der Waals surface area (Å²) < 4.78 is 14.8. The van der Waals surface area contributed by atoms with Crippen LogP contribution in [-0.4, -0.2) is 20.6 Å². The number of aryl methyl sites for hydroxylation is 1. The van der Waals surface area contributed by atoms with Crippen LogP contribution in [0.3, 0.4) is 0 Å². The van der Waals surface area contributed by atoms with Crippen molar-refractivity contribution in [3.8, 4) is 6.07 Å². The van der Waals surface area contributed by atoms with Gasteiger partial charge in [0.15, 0.2) is 5.82 Å². The number of nitrogens with one attached hydrogen (secondary N) is 1. The van der Waals surface area contributed by atoms with Crippen LogP contribution in [0, 0.1) is 27.3 Å². The van der Waals surface area contributed by atoms with Gasteiger partial charge in [-0.05, 0) is 12.1 Å². The molecule has 21 heavy (non-hydrogen) atoms. The number of amides is 1. The molecule has 0 aliphatic carbocycles. The summed E-state index contributed by atoms with van der Waals surface area (Å²) >= 11 is 0. The summed E-state index contributed by atoms with van der Waals surface area (Å²) in [7, 11) is 1.57. The second-order valence-electron chi connectivity index (χ2n) is 4.05. The molecule has 1 aromatic carbocycles. The standard InChI is InChI=1S/C12H8FN5O3/c1-17-6-8(5-14)11(16-17)15-12(19)7-2-3-10(18(20)21)9(13)4-7/h2-4,6H,1H3,(H,15,16,19). The molecular weight excluding hydrogens is 281 g/mol. The molecule has 0 spiro atoms. The highest BCUT2D eigenvalue weighted by Crippen LogP contribution is 2.19. The van der Waals surface area contributed by atoms with Crippen molar-refractivity contribution in [3.05, 3.63) is 51.5 Å². The van der Waals surface area contributed by atoms with Gasteiger partial charge in [0.25, 0.3) is 5.91 Å². The number of halogens is 1. The third-order valence-electron chi connectivity index (χ3n) is 2.59. The molecule has 2 aromatic rings. The van der Waals surface area contributed by atoms with Gasteiger partial charge in [-0.15, -0.1) is 0 Å². The van der Waals surface area contributed by atoms with Crippen LogP contribution in [0.15, 0.2) is 24.4 Å². The molecule has 1 amide bonds. The monoisotopic (exact) mass is 289 g/mol. The molecule has 0 bridgehead atoms. The number of nitriles is 1. The van der Waals surface area contributed by atoms with Gasteiger partial charge in [-0.25, -0.2) is 0 Å². The molecule has 1 aromatic heterocycles. The summed E-state index contributed by atoms with van der Waals surface area (Å²) in [6.45, 7) is 0. The molecule has 0 unspecified atom stereocenters. The lowest BCUT2D eigenvalue weighted by molar-refractivity contribution is -0.387. The molecule has 0 radical (unpaired) electrons. The van der Waals surface area contributed by atoms with E-state index in [9.17, 15) is 19.3 Å². The summed E-state index contributed by atoms with van der Waals surface area (Å²) in [6.07, 6.45) is 1.41. The molecule has 2 rings (SSSR count). The van der Waals surface area contributed by atoms with Crippen LogP contribution in [0.5, 0.6) is 0 Å². The van der Waals surface area contributed by atoms with E-state index in [0.717, 1.165) is 18.2 Å². The molecule has 0 saturated carbocycles. The largest absolute Gasteiger partial charge is 0.304 e. The van der Waals surface area contributed by atoms with Gasteiger partial charge in [0.2, 0.25) is 5.82 Å². The first-order valence-electron chi connectivity index (χ1n) is 5.61. The second-order valence-corrected chi connectivity index (χ2v) is 4.05. The molecule has 0 aliphatic heterocycles. The van der Waals surface area contributed by atoms with Gasteiger partial charge in [0.05, 0.1) is 4.92 Å². The fraction of sp³-hybridized carbons (Fsp3) is 0.0833. The van der Waals surface area contributed by atoms with Gasteiger partial charge < -0.3 is 5.32 Å². The topological polar surface area (TPSA) is 114 Å². The number of nitro benzene ring substituents is 1. The second kappa shape index (κ2) is 5.38. The number of nitro groups is 1. The van der Waals surface area contributed by atoms with Gasteiger partial charge >= 0.3 is 5.69 Å². The number of carbonyl (C=O) groups is 1. The number of nitrogens with zero attached hydrogens (tertiary/aromatic N) is 4. The number of hydrogen-bond donors (Lipinski definition) is 1. The van der Waals surface area contributed by atoms with E-state index in [2.05, 4.69) is 10.4 Å². The van der Waals surface area contributed by atoms with E-state index in [1.165, 1.54) is 10.9 Å². The van der Waals surface area contributed by atoms with E-state index in [-0.39, 0.29) is 16.9 Å². The van der Waals surface area contributed by atoms with Gasteiger partial charge in [-0.3, -0.25) is 19.6 Å². The van der Waals surface area contributed by atoms with Crippen molar-refractivity contribution in [2.24, 2.45) is 7.05 Å². The van der Waals surface area contributed by atoms with E-state index in [1.807, 2.05) is 6.07 Å². The highest BCUT2D eigenvalue weighted by molar-refractivity contribution is 6.04. The summed E-state index contributed by atoms with van der Waals surface area (Å²) in [5, 5.41) is 25.6. The first-order chi connectivity index (χ1) is 9.92. The normalized spacial score (nSPS) is 9.95. The minimum atomic E-state index is -1.12. The zero-order valence-corrected chi connectivity index (χ0v) is 10.7. The van der Waals surface area contributed by atoms with E-state index >= 15 is 0 Å². The summed E-state index contributed by atoms with van der Waals surface area (Å²) in [5.74, 6) is -1.81. The Morgan fingerprint density at radius 2 is 2.29 bits per heavy atom. The zero-order chi connectivity index (χ0) is 15.6. The Morgan fingerprint density at radius 3 is 2.86 bits per heavy atom. The third-order valence-corrected chi connectivity index (χ3v) is 2.59. The summed E-state index contributed by atoms with van der Waals surface area (Å²) in [4.78, 5) is 21.5. The van der Waals surface area contributed by atoms with Crippen LogP contribution < -0.4 is 5.32 Å². The van der Waals surface area contributed by atoms with Gasteiger partial charge in [-0.2, -0.15) is 14.8 Å². The minimum Gasteiger partial charge on any atom is -0.304 e. The van der Waals surface area contributed by atoms with Crippen LogP contribution >= 0.6 is 0 Å². The smallest absolute Gasteiger partial charge is 0.304 e. The van der Waals surface area contributed by atoms with Crippen LogP contribution in [0.4, 0.5) is 15.9 Å². The molecule has 9 heteroatoms. The maximum absolute atomic E-state index is 13.5. The number of hydrogen-bond acceptors (Lipinski definition) is 5. The average molecular weight is 289 g/mol. The van der Waals surface area contributed by atoms with Crippen LogP contribution in [-0.2, 0) is 7.05 Å². The fourth-order valence-corrected chi connectivity index (χ4v) is 1.64. The van der Waals surface area contributed by atoms with E-state index < -0.39 is 22.3 Å². The maximum Gasteiger partial charge on any atom is 0.304 e. The van der Waals surface area contributed by atoms with Crippen molar-refractivity contribution in [3.63, 3.8) is 0 Å². The Bertz CT molecular complexity index is 778. The SMILES string of the molecule is Cn1cc(C#N)c(NC(=O)c2ccc([N+](=O)[O-])c(F)c2)n1. The molecule has 106 valence electrons. The first-order valence-corrected chi connectivity index (χ1v) is 5.61. The van der Waals surface area contributed by atoms with Crippen LogP contribution in [0.25, 0.3) is 0 Å². The van der Waals surface area contributed by atoms with E-state index in [0.29, 0.717) is 0 Å². The van der Waals surface area contributed by atoms with E-state index in [1.54, 1.807) is 7.05 Å². The highest BCUT2D eigenvalue weighted by atomic mass is 19.1. The predicted octanol–water partition coefficient (Wildman–Crippen LogP) is 1.59. The lowest BCUT2D eigenvalue weighted by Gasteiger charge is -2.03. The number of rotatable bonds is 3. The molecule has 0 aliphatic rings. The summed E-state index contributed by atoms with van der Waals surface area (Å²) in [5.41, 5.74) is -0.692. The summed E-state index contributed by atoms with van der Waals surface area (Å²) in [6, 6.07) is 4.61. The average Bonchev–Trinajstić information content (AvgIpc) is 2.78. The van der Waals surface area contributed by atoms with Gasteiger partial charge in [0.1, 0.15) is 11.6 Å². The fourth-order valence-electron chi connectivity index (χ4n) is 1.64. The van der Waals surface area contributed by atoms with Gasteiger partial charge in [-0.1, -0.05) is 0 Å². The lowest BCUT2D eigenvalue weighted by atomic mass is 10.2. The molecular formula is C12H8FN5O3. The highest BCUT2D eigenvalue weighted by Gasteiger charge is 2.18. The van der Waals surface area contributed by atoms with Crippen molar-refractivity contribution < 1.29 is 14.1 Å². The van der Waals surface area contributed by atoms with Crippen molar-refractivity contribution in [2.75, 3.05) is 5.32 Å². The molecule has 0 atom stereocenters. The number of benzene rings is 1. The van der Waals surface area contributed by atoms with Crippen molar-refractivity contribution in [1.29, 1.82) is 5.26 Å². The van der Waals surface area contributed by atoms with Crippen molar-refractivity contribution >= 4 is 17.4 Å². The van der Waals surface area contributed by atoms with E-state index in [4.69, 9.17) is 5.26 Å². The van der Waals surface area contributed by atoms with Crippen LogP contribution in [0.1, 0.15) is 15.9 Å². The Morgan fingerprint density at radius 1 is 1.57 bits per heavy atom. The maximum atomic E-state index is 13.5. The Kier molecular flexibility index (Phi) is 3.62. The van der Waals surface area contributed by atoms with Crippen molar-refractivity contribution in [1.82, 2.24) is 9.78 Å². The Balaban J connectivity index is 2.27. The molecule has 0 saturated heterocycles. The molecule has 8 nitrogen and oxygen atoms in total. The van der Waals surface area contributed by atoms with Crippen LogP contribution in [0.2, 0.25) is 0 Å². The quantitative estimate of drug-likeness (QED) is 0.680. The van der Waals surface area contributed by atoms with Gasteiger partial charge in [0, 0.05) is 24.9 Å². The number of carbonyl (C=O) groups excluding carboxylic acids is 1. The Labute approximate surface area is 117 Å². The molecule has 0 fully saturated rings. The Hall–Kier alpha value is -3.28. The number of aromatic nitrogens is 2. The molecule has 1 N–H and O–H groups in total. The number of anilines is 1. The predicted molar refractivity (Wildman–Crippen MR) is 68.9 cm³/mol. The van der Waals surface area contributed by atoms with Crippen molar-refractivity contribution in [2.45, 2.75) is 0 Å². The lowest BCUT2D eigenvalue weighted by Crippen LogP contribution is -2.13. The zero-order valence-electron chi connectivity index (χ0n) is 10.7.